The third kappa shape index (κ3) is 3.71. The maximum absolute atomic E-state index is 13.1. The predicted octanol–water partition coefficient (Wildman–Crippen LogP) is 3.15. The van der Waals surface area contributed by atoms with Crippen LogP contribution < -0.4 is 0 Å². The number of rotatable bonds is 5. The van der Waals surface area contributed by atoms with E-state index in [2.05, 4.69) is 24.0 Å². The molecular weight excluding hydrogens is 316 g/mol. The summed E-state index contributed by atoms with van der Waals surface area (Å²) in [5, 5.41) is 0. The predicted molar refractivity (Wildman–Crippen MR) is 95.8 cm³/mol. The van der Waals surface area contributed by atoms with E-state index in [-0.39, 0.29) is 29.7 Å². The maximum Gasteiger partial charge on any atom is 0.416 e. The normalized spacial score (nSPS) is 27.1. The summed E-state index contributed by atoms with van der Waals surface area (Å²) in [6.07, 6.45) is 0.469. The highest BCUT2D eigenvalue weighted by molar-refractivity contribution is 5.95. The minimum Gasteiger partial charge on any atom is -0.447 e. The SMILES string of the molecule is CC[C@@H]1CN(Cc2ccccc2)C[C@@H]1C(=O)N1C(=O)OC[C@H]1C(C)C. The van der Waals surface area contributed by atoms with Crippen molar-refractivity contribution in [3.63, 3.8) is 0 Å². The molecule has 0 bridgehead atoms. The molecule has 3 rings (SSSR count). The molecule has 5 nitrogen and oxygen atoms in total. The standard InChI is InChI=1S/C20H28N2O3/c1-4-16-11-21(10-15-8-6-5-7-9-15)12-17(16)19(23)22-18(14(2)3)13-25-20(22)24/h5-9,14,16-18H,4,10-13H2,1-3H3/t16-,17+,18+/m1/s1. The van der Waals surface area contributed by atoms with Gasteiger partial charge in [-0.3, -0.25) is 9.69 Å². The zero-order valence-corrected chi connectivity index (χ0v) is 15.4. The van der Waals surface area contributed by atoms with Crippen LogP contribution in [0.1, 0.15) is 32.8 Å². The Labute approximate surface area is 149 Å². The highest BCUT2D eigenvalue weighted by Gasteiger charge is 2.46. The summed E-state index contributed by atoms with van der Waals surface area (Å²) in [6, 6.07) is 10.2. The summed E-state index contributed by atoms with van der Waals surface area (Å²) < 4.78 is 5.16. The quantitative estimate of drug-likeness (QED) is 0.823. The number of cyclic esters (lactones) is 1. The van der Waals surface area contributed by atoms with Gasteiger partial charge in [-0.2, -0.15) is 0 Å². The fourth-order valence-electron chi connectivity index (χ4n) is 3.98. The van der Waals surface area contributed by atoms with Gasteiger partial charge in [0, 0.05) is 19.6 Å². The van der Waals surface area contributed by atoms with E-state index >= 15 is 0 Å². The van der Waals surface area contributed by atoms with Crippen LogP contribution in [0.15, 0.2) is 30.3 Å². The Bertz CT molecular complexity index is 617. The van der Waals surface area contributed by atoms with Crippen LogP contribution in [0.2, 0.25) is 0 Å². The number of carbonyl (C=O) groups is 2. The number of hydrogen-bond acceptors (Lipinski definition) is 4. The van der Waals surface area contributed by atoms with Gasteiger partial charge in [-0.15, -0.1) is 0 Å². The summed E-state index contributed by atoms with van der Waals surface area (Å²) in [7, 11) is 0. The first-order chi connectivity index (χ1) is 12.0. The smallest absolute Gasteiger partial charge is 0.416 e. The molecule has 2 amide bonds. The van der Waals surface area contributed by atoms with E-state index in [0.717, 1.165) is 19.5 Å². The number of benzene rings is 1. The average molecular weight is 344 g/mol. The van der Waals surface area contributed by atoms with Crippen molar-refractivity contribution in [3.05, 3.63) is 35.9 Å². The van der Waals surface area contributed by atoms with Gasteiger partial charge in [-0.1, -0.05) is 57.5 Å². The van der Waals surface area contributed by atoms with Gasteiger partial charge >= 0.3 is 6.09 Å². The van der Waals surface area contributed by atoms with Crippen molar-refractivity contribution in [1.29, 1.82) is 0 Å². The highest BCUT2D eigenvalue weighted by atomic mass is 16.6. The van der Waals surface area contributed by atoms with E-state index in [4.69, 9.17) is 4.74 Å². The molecule has 2 heterocycles. The lowest BCUT2D eigenvalue weighted by Crippen LogP contribution is -2.46. The van der Waals surface area contributed by atoms with Gasteiger partial charge in [-0.25, -0.2) is 9.69 Å². The summed E-state index contributed by atoms with van der Waals surface area (Å²) in [4.78, 5) is 29.0. The first-order valence-corrected chi connectivity index (χ1v) is 9.27. The van der Waals surface area contributed by atoms with E-state index in [1.807, 2.05) is 32.0 Å². The van der Waals surface area contributed by atoms with Crippen LogP contribution in [-0.2, 0) is 16.1 Å². The molecule has 2 aliphatic heterocycles. The first-order valence-electron chi connectivity index (χ1n) is 9.27. The molecule has 3 atom stereocenters. The zero-order valence-electron chi connectivity index (χ0n) is 15.4. The van der Waals surface area contributed by atoms with Gasteiger partial charge in [0.1, 0.15) is 6.61 Å². The molecule has 136 valence electrons. The van der Waals surface area contributed by atoms with Crippen molar-refractivity contribution in [2.75, 3.05) is 19.7 Å². The van der Waals surface area contributed by atoms with Gasteiger partial charge in [0.05, 0.1) is 12.0 Å². The Morgan fingerprint density at radius 3 is 2.60 bits per heavy atom. The molecule has 0 N–H and O–H groups in total. The van der Waals surface area contributed by atoms with Crippen LogP contribution in [-0.4, -0.2) is 47.5 Å². The van der Waals surface area contributed by atoms with E-state index in [1.165, 1.54) is 10.5 Å². The van der Waals surface area contributed by atoms with Crippen LogP contribution in [0.3, 0.4) is 0 Å². The number of amides is 2. The summed E-state index contributed by atoms with van der Waals surface area (Å²) >= 11 is 0. The third-order valence-electron chi connectivity index (χ3n) is 5.52. The fraction of sp³-hybridized carbons (Fsp3) is 0.600. The second kappa shape index (κ2) is 7.56. The zero-order chi connectivity index (χ0) is 18.0. The average Bonchev–Trinajstić information content (AvgIpc) is 3.18. The number of nitrogens with zero attached hydrogens (tertiary/aromatic N) is 2. The second-order valence-electron chi connectivity index (χ2n) is 7.55. The van der Waals surface area contributed by atoms with Gasteiger partial charge in [0.15, 0.2) is 0 Å². The number of hydrogen-bond donors (Lipinski definition) is 0. The molecule has 2 fully saturated rings. The van der Waals surface area contributed by atoms with Crippen LogP contribution in [0.25, 0.3) is 0 Å². The van der Waals surface area contributed by atoms with Gasteiger partial charge in [-0.05, 0) is 17.4 Å². The van der Waals surface area contributed by atoms with Gasteiger partial charge in [0.25, 0.3) is 0 Å². The lowest BCUT2D eigenvalue weighted by atomic mass is 9.91. The molecule has 2 saturated heterocycles. The van der Waals surface area contributed by atoms with Crippen LogP contribution in [0, 0.1) is 17.8 Å². The maximum atomic E-state index is 13.1. The third-order valence-corrected chi connectivity index (χ3v) is 5.52. The molecule has 2 aliphatic rings. The molecule has 25 heavy (non-hydrogen) atoms. The number of carbonyl (C=O) groups excluding carboxylic acids is 2. The summed E-state index contributed by atoms with van der Waals surface area (Å²) in [5.74, 6) is 0.318. The molecule has 1 aromatic rings. The topological polar surface area (TPSA) is 49.9 Å². The molecule has 5 heteroatoms. The Kier molecular flexibility index (Phi) is 5.42. The van der Waals surface area contributed by atoms with Crippen molar-refractivity contribution in [2.45, 2.75) is 39.8 Å². The van der Waals surface area contributed by atoms with Crippen LogP contribution >= 0.6 is 0 Å². The largest absolute Gasteiger partial charge is 0.447 e. The van der Waals surface area contributed by atoms with Crippen molar-refractivity contribution >= 4 is 12.0 Å². The van der Waals surface area contributed by atoms with Crippen LogP contribution in [0.5, 0.6) is 0 Å². The monoisotopic (exact) mass is 344 g/mol. The molecule has 1 aromatic carbocycles. The number of likely N-dealkylation sites (tertiary alicyclic amines) is 1. The first kappa shape index (κ1) is 17.9. The van der Waals surface area contributed by atoms with Crippen molar-refractivity contribution in [3.8, 4) is 0 Å². The van der Waals surface area contributed by atoms with E-state index in [1.54, 1.807) is 0 Å². The van der Waals surface area contributed by atoms with E-state index in [9.17, 15) is 9.59 Å². The molecular formula is C20H28N2O3. The fourth-order valence-corrected chi connectivity index (χ4v) is 3.98. The lowest BCUT2D eigenvalue weighted by Gasteiger charge is -2.27. The Morgan fingerprint density at radius 1 is 1.24 bits per heavy atom. The Morgan fingerprint density at radius 2 is 1.96 bits per heavy atom. The van der Waals surface area contributed by atoms with Crippen molar-refractivity contribution < 1.29 is 14.3 Å². The number of imide groups is 1. The van der Waals surface area contributed by atoms with E-state index < -0.39 is 6.09 Å². The Balaban J connectivity index is 1.72. The van der Waals surface area contributed by atoms with Gasteiger partial charge in [0.2, 0.25) is 5.91 Å². The Hall–Kier alpha value is -1.88. The molecule has 0 unspecified atom stereocenters. The lowest BCUT2D eigenvalue weighted by molar-refractivity contribution is -0.134. The van der Waals surface area contributed by atoms with E-state index in [0.29, 0.717) is 13.2 Å². The summed E-state index contributed by atoms with van der Waals surface area (Å²) in [5.41, 5.74) is 1.26. The van der Waals surface area contributed by atoms with Crippen molar-refractivity contribution in [2.24, 2.45) is 17.8 Å². The van der Waals surface area contributed by atoms with Crippen LogP contribution in [0.4, 0.5) is 4.79 Å². The minimum absolute atomic E-state index is 0.0522. The van der Waals surface area contributed by atoms with Gasteiger partial charge < -0.3 is 4.74 Å². The highest BCUT2D eigenvalue weighted by Crippen LogP contribution is 2.32. The summed E-state index contributed by atoms with van der Waals surface area (Å²) in [6.45, 7) is 8.96. The molecule has 0 aromatic heterocycles. The number of ether oxygens (including phenoxy) is 1. The second-order valence-corrected chi connectivity index (χ2v) is 7.55. The molecule has 0 aliphatic carbocycles. The van der Waals surface area contributed by atoms with Crippen molar-refractivity contribution in [1.82, 2.24) is 9.80 Å². The molecule has 0 radical (unpaired) electrons. The molecule has 0 spiro atoms. The molecule has 0 saturated carbocycles. The minimum atomic E-state index is -0.472.